The van der Waals surface area contributed by atoms with Gasteiger partial charge in [0.1, 0.15) is 5.60 Å². The quantitative estimate of drug-likeness (QED) is 0.811. The number of alkyl carbamates (subject to hydrolysis) is 1. The van der Waals surface area contributed by atoms with Gasteiger partial charge in [-0.1, -0.05) is 19.1 Å². The zero-order valence-electron chi connectivity index (χ0n) is 11.5. The van der Waals surface area contributed by atoms with Crippen molar-refractivity contribution >= 4 is 11.8 Å². The largest absolute Gasteiger partial charge is 0.444 e. The first-order valence-electron chi connectivity index (χ1n) is 6.16. The highest BCUT2D eigenvalue weighted by Gasteiger charge is 2.16. The van der Waals surface area contributed by atoms with Crippen molar-refractivity contribution in [3.8, 4) is 0 Å². The molecular formula is C14H22N2O2. The average Bonchev–Trinajstić information content (AvgIpc) is 2.24. The number of nitrogens with two attached hydrogens (primary N) is 1. The molecule has 0 aliphatic heterocycles. The molecule has 0 unspecified atom stereocenters. The monoisotopic (exact) mass is 250 g/mol. The Hall–Kier alpha value is -1.71. The predicted octanol–water partition coefficient (Wildman–Crippen LogP) is 2.86. The fourth-order valence-electron chi connectivity index (χ4n) is 1.73. The van der Waals surface area contributed by atoms with Crippen LogP contribution in [0.15, 0.2) is 18.2 Å². The number of carbonyl (C=O) groups is 1. The molecular weight excluding hydrogens is 228 g/mol. The third kappa shape index (κ3) is 4.28. The number of benzene rings is 1. The summed E-state index contributed by atoms with van der Waals surface area (Å²) < 4.78 is 5.18. The van der Waals surface area contributed by atoms with Crippen LogP contribution in [-0.4, -0.2) is 11.7 Å². The van der Waals surface area contributed by atoms with E-state index < -0.39 is 11.7 Å². The van der Waals surface area contributed by atoms with Crippen molar-refractivity contribution in [1.82, 2.24) is 5.32 Å². The van der Waals surface area contributed by atoms with Crippen LogP contribution in [0.3, 0.4) is 0 Å². The zero-order chi connectivity index (χ0) is 13.8. The summed E-state index contributed by atoms with van der Waals surface area (Å²) >= 11 is 0. The number of nitrogens with one attached hydrogen (secondary N) is 1. The third-order valence-corrected chi connectivity index (χ3v) is 2.48. The van der Waals surface area contributed by atoms with E-state index in [-0.39, 0.29) is 0 Å². The smallest absolute Gasteiger partial charge is 0.407 e. The number of hydrogen-bond acceptors (Lipinski definition) is 3. The van der Waals surface area contributed by atoms with Crippen molar-refractivity contribution in [3.63, 3.8) is 0 Å². The molecule has 1 amide bonds. The first-order chi connectivity index (χ1) is 8.33. The van der Waals surface area contributed by atoms with E-state index in [1.165, 1.54) is 0 Å². The molecule has 4 nitrogen and oxygen atoms in total. The normalized spacial score (nSPS) is 11.1. The molecule has 0 fully saturated rings. The van der Waals surface area contributed by atoms with Gasteiger partial charge in [0.05, 0.1) is 0 Å². The van der Waals surface area contributed by atoms with Crippen LogP contribution in [0, 0.1) is 0 Å². The molecule has 18 heavy (non-hydrogen) atoms. The summed E-state index contributed by atoms with van der Waals surface area (Å²) in [6.45, 7) is 7.99. The van der Waals surface area contributed by atoms with Gasteiger partial charge in [-0.2, -0.15) is 0 Å². The van der Waals surface area contributed by atoms with Gasteiger partial charge in [-0.25, -0.2) is 4.79 Å². The van der Waals surface area contributed by atoms with E-state index in [0.29, 0.717) is 6.54 Å². The van der Waals surface area contributed by atoms with Gasteiger partial charge in [-0.15, -0.1) is 0 Å². The van der Waals surface area contributed by atoms with Crippen LogP contribution >= 0.6 is 0 Å². The molecule has 0 spiro atoms. The zero-order valence-corrected chi connectivity index (χ0v) is 11.5. The fourth-order valence-corrected chi connectivity index (χ4v) is 1.73. The first-order valence-corrected chi connectivity index (χ1v) is 6.16. The Morgan fingerprint density at radius 1 is 1.39 bits per heavy atom. The standard InChI is InChI=1S/C14H22N2O2/c1-5-11-10(7-6-8-12(11)15)9-16-13(17)18-14(2,3)4/h6-8H,5,9,15H2,1-4H3,(H,16,17). The van der Waals surface area contributed by atoms with Crippen LogP contribution in [0.2, 0.25) is 0 Å². The van der Waals surface area contributed by atoms with Crippen LogP contribution in [0.5, 0.6) is 0 Å². The highest BCUT2D eigenvalue weighted by Crippen LogP contribution is 2.17. The van der Waals surface area contributed by atoms with Crippen molar-refractivity contribution in [3.05, 3.63) is 29.3 Å². The van der Waals surface area contributed by atoms with Crippen molar-refractivity contribution in [1.29, 1.82) is 0 Å². The van der Waals surface area contributed by atoms with Gasteiger partial charge < -0.3 is 15.8 Å². The Balaban J connectivity index is 2.64. The summed E-state index contributed by atoms with van der Waals surface area (Å²) in [5.74, 6) is 0. The lowest BCUT2D eigenvalue weighted by atomic mass is 10.0. The fraction of sp³-hybridized carbons (Fsp3) is 0.500. The average molecular weight is 250 g/mol. The molecule has 0 aliphatic carbocycles. The minimum atomic E-state index is -0.479. The second-order valence-corrected chi connectivity index (χ2v) is 5.19. The van der Waals surface area contributed by atoms with E-state index in [2.05, 4.69) is 5.32 Å². The van der Waals surface area contributed by atoms with Gasteiger partial charge in [0.15, 0.2) is 0 Å². The molecule has 1 rings (SSSR count). The second kappa shape index (κ2) is 5.76. The van der Waals surface area contributed by atoms with Crippen molar-refractivity contribution < 1.29 is 9.53 Å². The summed E-state index contributed by atoms with van der Waals surface area (Å²) in [5, 5.41) is 2.74. The van der Waals surface area contributed by atoms with Crippen molar-refractivity contribution in [2.24, 2.45) is 0 Å². The van der Waals surface area contributed by atoms with Crippen LogP contribution in [-0.2, 0) is 17.7 Å². The first kappa shape index (κ1) is 14.4. The van der Waals surface area contributed by atoms with Gasteiger partial charge in [-0.3, -0.25) is 0 Å². The van der Waals surface area contributed by atoms with Gasteiger partial charge in [0.2, 0.25) is 0 Å². The minimum absolute atomic E-state index is 0.410. The van der Waals surface area contributed by atoms with Gasteiger partial charge in [-0.05, 0) is 44.4 Å². The lowest BCUT2D eigenvalue weighted by Crippen LogP contribution is -2.32. The molecule has 0 saturated carbocycles. The summed E-state index contributed by atoms with van der Waals surface area (Å²) in [5.41, 5.74) is 8.29. The van der Waals surface area contributed by atoms with E-state index in [1.54, 1.807) is 0 Å². The Bertz CT molecular complexity index is 422. The maximum Gasteiger partial charge on any atom is 0.407 e. The summed E-state index contributed by atoms with van der Waals surface area (Å²) in [4.78, 5) is 11.6. The molecule has 0 radical (unpaired) electrons. The number of amides is 1. The molecule has 4 heteroatoms. The van der Waals surface area contributed by atoms with Gasteiger partial charge in [0.25, 0.3) is 0 Å². The van der Waals surface area contributed by atoms with Gasteiger partial charge in [0, 0.05) is 12.2 Å². The SMILES string of the molecule is CCc1c(N)cccc1CNC(=O)OC(C)(C)C. The van der Waals surface area contributed by atoms with Crippen molar-refractivity contribution in [2.45, 2.75) is 46.3 Å². The maximum atomic E-state index is 11.6. The highest BCUT2D eigenvalue weighted by atomic mass is 16.6. The van der Waals surface area contributed by atoms with E-state index in [0.717, 1.165) is 23.2 Å². The Morgan fingerprint density at radius 2 is 2.06 bits per heavy atom. The van der Waals surface area contributed by atoms with E-state index in [4.69, 9.17) is 10.5 Å². The maximum absolute atomic E-state index is 11.6. The Kier molecular flexibility index (Phi) is 4.59. The molecule has 0 saturated heterocycles. The minimum Gasteiger partial charge on any atom is -0.444 e. The van der Waals surface area contributed by atoms with Crippen LogP contribution < -0.4 is 11.1 Å². The molecule has 3 N–H and O–H groups in total. The molecule has 1 aromatic rings. The second-order valence-electron chi connectivity index (χ2n) is 5.19. The van der Waals surface area contributed by atoms with Crippen LogP contribution in [0.4, 0.5) is 10.5 Å². The van der Waals surface area contributed by atoms with E-state index in [9.17, 15) is 4.79 Å². The predicted molar refractivity (Wildman–Crippen MR) is 73.3 cm³/mol. The summed E-state index contributed by atoms with van der Waals surface area (Å²) in [6, 6.07) is 5.73. The number of rotatable bonds is 3. The van der Waals surface area contributed by atoms with Crippen LogP contribution in [0.1, 0.15) is 38.8 Å². The molecule has 0 aliphatic rings. The summed E-state index contributed by atoms with van der Waals surface area (Å²) in [6.07, 6.45) is 0.435. The lowest BCUT2D eigenvalue weighted by molar-refractivity contribution is 0.0523. The molecule has 0 aromatic heterocycles. The lowest BCUT2D eigenvalue weighted by Gasteiger charge is -2.20. The Morgan fingerprint density at radius 3 is 2.61 bits per heavy atom. The Labute approximate surface area is 109 Å². The number of anilines is 1. The van der Waals surface area contributed by atoms with Crippen molar-refractivity contribution in [2.75, 3.05) is 5.73 Å². The molecule has 0 heterocycles. The van der Waals surface area contributed by atoms with Crippen LogP contribution in [0.25, 0.3) is 0 Å². The molecule has 0 atom stereocenters. The van der Waals surface area contributed by atoms with Gasteiger partial charge >= 0.3 is 6.09 Å². The topological polar surface area (TPSA) is 64.3 Å². The highest BCUT2D eigenvalue weighted by molar-refractivity contribution is 5.68. The third-order valence-electron chi connectivity index (χ3n) is 2.48. The number of hydrogen-bond donors (Lipinski definition) is 2. The molecule has 100 valence electrons. The number of ether oxygens (including phenoxy) is 1. The number of nitrogen functional groups attached to an aromatic ring is 1. The van der Waals surface area contributed by atoms with E-state index >= 15 is 0 Å². The summed E-state index contributed by atoms with van der Waals surface area (Å²) in [7, 11) is 0. The number of carbonyl (C=O) groups excluding carboxylic acids is 1. The molecule has 0 bridgehead atoms. The molecule has 1 aromatic carbocycles. The van der Waals surface area contributed by atoms with E-state index in [1.807, 2.05) is 45.9 Å².